The third kappa shape index (κ3) is 6.29. The number of hydrogen-bond acceptors (Lipinski definition) is 4. The molecule has 0 bridgehead atoms. The van der Waals surface area contributed by atoms with Crippen LogP contribution in [0.5, 0.6) is 5.75 Å². The number of aryl methyl sites for hydroxylation is 2. The Kier molecular flexibility index (Phi) is 8.22. The lowest BCUT2D eigenvalue weighted by atomic mass is 10.1. The van der Waals surface area contributed by atoms with Crippen LogP contribution in [0.3, 0.4) is 0 Å². The van der Waals surface area contributed by atoms with Gasteiger partial charge in [0.1, 0.15) is 11.6 Å². The predicted molar refractivity (Wildman–Crippen MR) is 123 cm³/mol. The molecule has 1 aliphatic rings. The highest BCUT2D eigenvalue weighted by Gasteiger charge is 2.25. The lowest BCUT2D eigenvalue weighted by molar-refractivity contribution is -0.131. The zero-order valence-corrected chi connectivity index (χ0v) is 19.1. The van der Waals surface area contributed by atoms with Crippen LogP contribution in [0.2, 0.25) is 0 Å². The van der Waals surface area contributed by atoms with Crippen molar-refractivity contribution in [2.45, 2.75) is 39.2 Å². The average molecular weight is 442 g/mol. The minimum atomic E-state index is -0.367. The highest BCUT2D eigenvalue weighted by atomic mass is 19.1. The molecule has 0 aliphatic carbocycles. The Morgan fingerprint density at radius 3 is 2.53 bits per heavy atom. The number of methoxy groups -OCH3 is 1. The van der Waals surface area contributed by atoms with Gasteiger partial charge in [0, 0.05) is 38.3 Å². The maximum absolute atomic E-state index is 13.8. The molecule has 0 spiro atoms. The molecule has 1 aliphatic heterocycles. The number of carbonyl (C=O) groups excluding carboxylic acids is 2. The summed E-state index contributed by atoms with van der Waals surface area (Å²) in [4.78, 5) is 29.4. The fourth-order valence-corrected chi connectivity index (χ4v) is 3.86. The fraction of sp³-hybridized carbons (Fsp3) is 0.440. The number of amides is 2. The van der Waals surface area contributed by atoms with Gasteiger partial charge in [-0.15, -0.1) is 0 Å². The van der Waals surface area contributed by atoms with E-state index < -0.39 is 0 Å². The maximum atomic E-state index is 13.8. The van der Waals surface area contributed by atoms with Crippen molar-refractivity contribution in [1.82, 2.24) is 9.80 Å². The van der Waals surface area contributed by atoms with Gasteiger partial charge in [0.2, 0.25) is 11.8 Å². The topological polar surface area (TPSA) is 61.9 Å². The van der Waals surface area contributed by atoms with Crippen molar-refractivity contribution in [3.8, 4) is 5.75 Å². The number of hydrogen-bond donors (Lipinski definition) is 1. The normalized spacial score (nSPS) is 15.7. The number of ether oxygens (including phenoxy) is 1. The summed E-state index contributed by atoms with van der Waals surface area (Å²) in [5.74, 6) is 0.426. The van der Waals surface area contributed by atoms with E-state index in [9.17, 15) is 14.0 Å². The van der Waals surface area contributed by atoms with Crippen LogP contribution >= 0.6 is 0 Å². The highest BCUT2D eigenvalue weighted by Crippen LogP contribution is 2.16. The first-order chi connectivity index (χ1) is 15.4. The Hall–Kier alpha value is -2.93. The lowest BCUT2D eigenvalue weighted by Gasteiger charge is -2.27. The first kappa shape index (κ1) is 23.7. The van der Waals surface area contributed by atoms with E-state index in [-0.39, 0.29) is 23.7 Å². The number of nitrogens with one attached hydrogen (secondary N) is 1. The molecular weight excluding hydrogens is 409 g/mol. The molecule has 0 saturated carbocycles. The molecule has 1 N–H and O–H groups in total. The van der Waals surface area contributed by atoms with Gasteiger partial charge in [-0.05, 0) is 62.1 Å². The third-order valence-electron chi connectivity index (χ3n) is 6.04. The standard InChI is InChI=1S/C25H32FN3O3/c1-18-5-9-21(17-23(18)26)27-25(31)19(2)28-13-4-14-29(16-15-28)24(30)12-8-20-6-10-22(32-3)11-7-20/h5-7,9-11,17,19H,4,8,12-16H2,1-3H3,(H,27,31). The molecule has 3 rings (SSSR count). The summed E-state index contributed by atoms with van der Waals surface area (Å²) >= 11 is 0. The number of carbonyl (C=O) groups is 2. The second-order valence-corrected chi connectivity index (χ2v) is 8.25. The quantitative estimate of drug-likeness (QED) is 0.713. The van der Waals surface area contributed by atoms with Crippen LogP contribution in [0.4, 0.5) is 10.1 Å². The summed E-state index contributed by atoms with van der Waals surface area (Å²) < 4.78 is 18.9. The van der Waals surface area contributed by atoms with Crippen LogP contribution in [0, 0.1) is 12.7 Å². The summed E-state index contributed by atoms with van der Waals surface area (Å²) in [5, 5.41) is 2.80. The smallest absolute Gasteiger partial charge is 0.241 e. The van der Waals surface area contributed by atoms with Crippen LogP contribution in [0.15, 0.2) is 42.5 Å². The Bertz CT molecular complexity index is 933. The van der Waals surface area contributed by atoms with Crippen molar-refractivity contribution in [3.05, 3.63) is 59.4 Å². The summed E-state index contributed by atoms with van der Waals surface area (Å²) in [7, 11) is 1.63. The van der Waals surface area contributed by atoms with Crippen molar-refractivity contribution in [2.24, 2.45) is 0 Å². The van der Waals surface area contributed by atoms with Gasteiger partial charge >= 0.3 is 0 Å². The van der Waals surface area contributed by atoms with Crippen molar-refractivity contribution < 1.29 is 18.7 Å². The minimum Gasteiger partial charge on any atom is -0.497 e. The number of benzene rings is 2. The monoisotopic (exact) mass is 441 g/mol. The van der Waals surface area contributed by atoms with E-state index in [1.165, 1.54) is 6.07 Å². The molecule has 32 heavy (non-hydrogen) atoms. The summed E-state index contributed by atoms with van der Waals surface area (Å²) in [6, 6.07) is 12.1. The molecule has 7 heteroatoms. The van der Waals surface area contributed by atoms with E-state index in [1.54, 1.807) is 26.2 Å². The van der Waals surface area contributed by atoms with Gasteiger partial charge in [0.05, 0.1) is 13.2 Å². The molecule has 1 heterocycles. The molecule has 1 fully saturated rings. The number of anilines is 1. The van der Waals surface area contributed by atoms with Gasteiger partial charge < -0.3 is 15.0 Å². The van der Waals surface area contributed by atoms with Crippen LogP contribution in [0.25, 0.3) is 0 Å². The van der Waals surface area contributed by atoms with Gasteiger partial charge in [-0.25, -0.2) is 4.39 Å². The van der Waals surface area contributed by atoms with Crippen LogP contribution in [-0.4, -0.2) is 60.9 Å². The summed E-state index contributed by atoms with van der Waals surface area (Å²) in [5.41, 5.74) is 2.10. The largest absolute Gasteiger partial charge is 0.497 e. The summed E-state index contributed by atoms with van der Waals surface area (Å²) in [6.45, 7) is 6.18. The molecule has 6 nitrogen and oxygen atoms in total. The molecule has 172 valence electrons. The Morgan fingerprint density at radius 1 is 1.09 bits per heavy atom. The second kappa shape index (κ2) is 11.1. The van der Waals surface area contributed by atoms with Crippen molar-refractivity contribution in [1.29, 1.82) is 0 Å². The average Bonchev–Trinajstić information content (AvgIpc) is 3.06. The molecule has 0 aromatic heterocycles. The first-order valence-corrected chi connectivity index (χ1v) is 11.1. The van der Waals surface area contributed by atoms with E-state index >= 15 is 0 Å². The third-order valence-corrected chi connectivity index (χ3v) is 6.04. The predicted octanol–water partition coefficient (Wildman–Crippen LogP) is 3.64. The zero-order valence-electron chi connectivity index (χ0n) is 19.1. The molecule has 2 aromatic carbocycles. The van der Waals surface area contributed by atoms with Gasteiger partial charge in [-0.3, -0.25) is 14.5 Å². The Balaban J connectivity index is 1.49. The maximum Gasteiger partial charge on any atom is 0.241 e. The van der Waals surface area contributed by atoms with Crippen molar-refractivity contribution in [3.63, 3.8) is 0 Å². The molecule has 0 radical (unpaired) electrons. The molecule has 2 aromatic rings. The van der Waals surface area contributed by atoms with E-state index in [4.69, 9.17) is 4.74 Å². The van der Waals surface area contributed by atoms with Crippen LogP contribution in [-0.2, 0) is 16.0 Å². The van der Waals surface area contributed by atoms with E-state index in [1.807, 2.05) is 36.1 Å². The molecule has 1 saturated heterocycles. The highest BCUT2D eigenvalue weighted by molar-refractivity contribution is 5.94. The van der Waals surface area contributed by atoms with Gasteiger partial charge in [0.25, 0.3) is 0 Å². The Morgan fingerprint density at radius 2 is 1.84 bits per heavy atom. The van der Waals surface area contributed by atoms with Gasteiger partial charge in [-0.2, -0.15) is 0 Å². The molecule has 1 atom stereocenters. The number of nitrogens with zero attached hydrogens (tertiary/aromatic N) is 2. The van der Waals surface area contributed by atoms with Crippen LogP contribution in [0.1, 0.15) is 30.9 Å². The number of halogens is 1. The first-order valence-electron chi connectivity index (χ1n) is 11.1. The second-order valence-electron chi connectivity index (χ2n) is 8.25. The van der Waals surface area contributed by atoms with E-state index in [0.717, 1.165) is 24.3 Å². The lowest BCUT2D eigenvalue weighted by Crippen LogP contribution is -2.44. The summed E-state index contributed by atoms with van der Waals surface area (Å²) in [6.07, 6.45) is 1.96. The van der Waals surface area contributed by atoms with Crippen molar-refractivity contribution >= 4 is 17.5 Å². The molecule has 2 amide bonds. The van der Waals surface area contributed by atoms with E-state index in [2.05, 4.69) is 10.2 Å². The van der Waals surface area contributed by atoms with E-state index in [0.29, 0.717) is 43.7 Å². The molecule has 1 unspecified atom stereocenters. The zero-order chi connectivity index (χ0) is 23.1. The number of rotatable bonds is 7. The van der Waals surface area contributed by atoms with Crippen molar-refractivity contribution in [2.75, 3.05) is 38.6 Å². The Labute approximate surface area is 189 Å². The van der Waals surface area contributed by atoms with Gasteiger partial charge in [0.15, 0.2) is 0 Å². The fourth-order valence-electron chi connectivity index (χ4n) is 3.86. The SMILES string of the molecule is COc1ccc(CCC(=O)N2CCCN(C(C)C(=O)Nc3ccc(C)c(F)c3)CC2)cc1. The molecular formula is C25H32FN3O3. The van der Waals surface area contributed by atoms with Crippen LogP contribution < -0.4 is 10.1 Å². The minimum absolute atomic E-state index is 0.134. The van der Waals surface area contributed by atoms with Gasteiger partial charge in [-0.1, -0.05) is 18.2 Å².